The van der Waals surface area contributed by atoms with Crippen molar-refractivity contribution >= 4 is 39.0 Å². The van der Waals surface area contributed by atoms with Crippen LogP contribution in [0.5, 0.6) is 0 Å². The van der Waals surface area contributed by atoms with Crippen molar-refractivity contribution in [1.82, 2.24) is 14.7 Å². The number of thioether (sulfide) groups is 1. The van der Waals surface area contributed by atoms with Crippen LogP contribution in [0.3, 0.4) is 0 Å². The minimum absolute atomic E-state index is 1.00. The molecule has 88 valence electrons. The van der Waals surface area contributed by atoms with Crippen LogP contribution in [0, 0.1) is 0 Å². The van der Waals surface area contributed by atoms with E-state index in [0.717, 1.165) is 22.8 Å². The van der Waals surface area contributed by atoms with Crippen LogP contribution in [0.15, 0.2) is 34.8 Å². The van der Waals surface area contributed by atoms with E-state index in [9.17, 15) is 0 Å². The predicted octanol–water partition coefficient (Wildman–Crippen LogP) is 2.86. The molecule has 0 aromatic carbocycles. The molecule has 0 fully saturated rings. The molecule has 1 N–H and O–H groups in total. The molecule has 0 unspecified atom stereocenters. The van der Waals surface area contributed by atoms with Crippen LogP contribution in [-0.4, -0.2) is 28.7 Å². The van der Waals surface area contributed by atoms with Crippen molar-refractivity contribution in [2.75, 3.05) is 19.3 Å². The van der Waals surface area contributed by atoms with Gasteiger partial charge in [0.2, 0.25) is 0 Å². The van der Waals surface area contributed by atoms with Crippen molar-refractivity contribution in [3.63, 3.8) is 0 Å². The van der Waals surface area contributed by atoms with Gasteiger partial charge in [-0.05, 0) is 30.6 Å². The van der Waals surface area contributed by atoms with Crippen LogP contribution in [-0.2, 0) is 0 Å². The second-order valence-corrected chi connectivity index (χ2v) is 5.72. The third kappa shape index (κ3) is 1.94. The standard InChI is InChI=1S/C12H13N3S2/c1-13-5-8-16-11-10-3-2-6-15(10)12-9(14-11)4-7-17-12/h2-4,6-7,13H,5,8H2,1H3. The number of rotatable bonds is 4. The van der Waals surface area contributed by atoms with Crippen LogP contribution < -0.4 is 5.32 Å². The summed E-state index contributed by atoms with van der Waals surface area (Å²) in [5.74, 6) is 1.04. The highest BCUT2D eigenvalue weighted by Crippen LogP contribution is 2.28. The van der Waals surface area contributed by atoms with Crippen LogP contribution >= 0.6 is 23.1 Å². The lowest BCUT2D eigenvalue weighted by Crippen LogP contribution is -2.09. The topological polar surface area (TPSA) is 29.3 Å². The van der Waals surface area contributed by atoms with Gasteiger partial charge in [0.25, 0.3) is 0 Å². The number of aromatic nitrogens is 2. The van der Waals surface area contributed by atoms with Crippen LogP contribution in [0.2, 0.25) is 0 Å². The zero-order chi connectivity index (χ0) is 11.7. The molecule has 0 radical (unpaired) electrons. The van der Waals surface area contributed by atoms with Crippen molar-refractivity contribution in [2.45, 2.75) is 5.03 Å². The quantitative estimate of drug-likeness (QED) is 0.580. The van der Waals surface area contributed by atoms with Gasteiger partial charge in [0.05, 0.1) is 11.0 Å². The molecule has 3 rings (SSSR count). The number of nitrogens with one attached hydrogen (secondary N) is 1. The van der Waals surface area contributed by atoms with Crippen molar-refractivity contribution in [2.24, 2.45) is 0 Å². The van der Waals surface area contributed by atoms with Gasteiger partial charge in [0.1, 0.15) is 9.86 Å². The molecule has 0 aliphatic rings. The fourth-order valence-electron chi connectivity index (χ4n) is 1.81. The number of thiophene rings is 1. The van der Waals surface area contributed by atoms with E-state index in [1.165, 1.54) is 10.3 Å². The summed E-state index contributed by atoms with van der Waals surface area (Å²) in [6.45, 7) is 1.00. The summed E-state index contributed by atoms with van der Waals surface area (Å²) in [5, 5.41) is 6.38. The van der Waals surface area contributed by atoms with Gasteiger partial charge in [0, 0.05) is 18.5 Å². The Morgan fingerprint density at radius 3 is 3.29 bits per heavy atom. The van der Waals surface area contributed by atoms with Crippen molar-refractivity contribution in [1.29, 1.82) is 0 Å². The van der Waals surface area contributed by atoms with Crippen molar-refractivity contribution < 1.29 is 0 Å². The average Bonchev–Trinajstić information content (AvgIpc) is 2.96. The average molecular weight is 263 g/mol. The highest BCUT2D eigenvalue weighted by atomic mass is 32.2. The molecule has 3 aromatic heterocycles. The summed E-state index contributed by atoms with van der Waals surface area (Å²) in [6, 6.07) is 6.30. The van der Waals surface area contributed by atoms with E-state index < -0.39 is 0 Å². The van der Waals surface area contributed by atoms with E-state index in [-0.39, 0.29) is 0 Å². The van der Waals surface area contributed by atoms with Gasteiger partial charge in [-0.15, -0.1) is 23.1 Å². The van der Waals surface area contributed by atoms with Gasteiger partial charge in [0.15, 0.2) is 0 Å². The lowest BCUT2D eigenvalue weighted by molar-refractivity contribution is 0.871. The minimum Gasteiger partial charge on any atom is -0.319 e. The van der Waals surface area contributed by atoms with Gasteiger partial charge in [-0.3, -0.25) is 0 Å². The Bertz CT molecular complexity index is 641. The molecule has 0 aliphatic carbocycles. The van der Waals surface area contributed by atoms with Gasteiger partial charge >= 0.3 is 0 Å². The highest BCUT2D eigenvalue weighted by Gasteiger charge is 2.08. The largest absolute Gasteiger partial charge is 0.319 e. The molecular weight excluding hydrogens is 250 g/mol. The molecule has 17 heavy (non-hydrogen) atoms. The summed E-state index contributed by atoms with van der Waals surface area (Å²) in [4.78, 5) is 5.96. The number of hydrogen-bond donors (Lipinski definition) is 1. The Morgan fingerprint density at radius 2 is 2.41 bits per heavy atom. The second-order valence-electron chi connectivity index (χ2n) is 3.74. The zero-order valence-electron chi connectivity index (χ0n) is 9.51. The number of fused-ring (bicyclic) bond motifs is 3. The molecule has 5 heteroatoms. The smallest absolute Gasteiger partial charge is 0.126 e. The van der Waals surface area contributed by atoms with E-state index in [0.29, 0.717) is 0 Å². The zero-order valence-corrected chi connectivity index (χ0v) is 11.1. The summed E-state index contributed by atoms with van der Waals surface area (Å²) >= 11 is 3.54. The highest BCUT2D eigenvalue weighted by molar-refractivity contribution is 7.99. The van der Waals surface area contributed by atoms with Crippen LogP contribution in [0.25, 0.3) is 15.9 Å². The number of hydrogen-bond acceptors (Lipinski definition) is 4. The molecule has 0 amide bonds. The maximum Gasteiger partial charge on any atom is 0.126 e. The second kappa shape index (κ2) is 4.68. The molecule has 0 saturated carbocycles. The summed E-state index contributed by atoms with van der Waals surface area (Å²) < 4.78 is 2.23. The normalized spacial score (nSPS) is 11.6. The maximum absolute atomic E-state index is 4.73. The summed E-state index contributed by atoms with van der Waals surface area (Å²) in [5.41, 5.74) is 2.30. The Balaban J connectivity index is 2.09. The molecule has 0 bridgehead atoms. The molecule has 3 nitrogen and oxygen atoms in total. The van der Waals surface area contributed by atoms with Gasteiger partial charge < -0.3 is 9.72 Å². The monoisotopic (exact) mass is 263 g/mol. The summed E-state index contributed by atoms with van der Waals surface area (Å²) in [6.07, 6.45) is 2.11. The first kappa shape index (κ1) is 11.1. The predicted molar refractivity (Wildman–Crippen MR) is 75.2 cm³/mol. The molecule has 3 heterocycles. The fourth-order valence-corrected chi connectivity index (χ4v) is 3.62. The SMILES string of the molecule is CNCCSc1nc2ccsc2n2cccc12. The number of nitrogens with zero attached hydrogens (tertiary/aromatic N) is 2. The first-order chi connectivity index (χ1) is 8.40. The molecule has 0 aliphatic heterocycles. The van der Waals surface area contributed by atoms with Crippen molar-refractivity contribution in [3.8, 4) is 0 Å². The molecule has 0 spiro atoms. The third-order valence-electron chi connectivity index (χ3n) is 2.62. The van der Waals surface area contributed by atoms with E-state index in [4.69, 9.17) is 4.98 Å². The van der Waals surface area contributed by atoms with Gasteiger partial charge in [-0.2, -0.15) is 0 Å². The Hall–Kier alpha value is -1.04. The van der Waals surface area contributed by atoms with Crippen molar-refractivity contribution in [3.05, 3.63) is 29.8 Å². The first-order valence-corrected chi connectivity index (χ1v) is 7.38. The van der Waals surface area contributed by atoms with Crippen LogP contribution in [0.1, 0.15) is 0 Å². The van der Waals surface area contributed by atoms with Gasteiger partial charge in [-0.25, -0.2) is 4.98 Å². The van der Waals surface area contributed by atoms with E-state index >= 15 is 0 Å². The molecule has 3 aromatic rings. The minimum atomic E-state index is 1.00. The first-order valence-electron chi connectivity index (χ1n) is 5.52. The van der Waals surface area contributed by atoms with Crippen LogP contribution in [0.4, 0.5) is 0 Å². The van der Waals surface area contributed by atoms with Gasteiger partial charge in [-0.1, -0.05) is 0 Å². The summed E-state index contributed by atoms with van der Waals surface area (Å²) in [7, 11) is 1.98. The fraction of sp³-hybridized carbons (Fsp3) is 0.250. The Morgan fingerprint density at radius 1 is 1.47 bits per heavy atom. The lowest BCUT2D eigenvalue weighted by atomic mass is 10.5. The third-order valence-corrected chi connectivity index (χ3v) is 4.51. The molecular formula is C12H13N3S2. The molecule has 0 atom stereocenters. The Kier molecular flexibility index (Phi) is 3.05. The van der Waals surface area contributed by atoms with E-state index in [1.54, 1.807) is 11.3 Å². The van der Waals surface area contributed by atoms with E-state index in [1.807, 2.05) is 18.8 Å². The van der Waals surface area contributed by atoms with E-state index in [2.05, 4.69) is 39.5 Å². The molecule has 0 saturated heterocycles. The lowest BCUT2D eigenvalue weighted by Gasteiger charge is -2.05. The maximum atomic E-state index is 4.73. The Labute approximate surface area is 108 Å².